The number of H-pyrrole nitrogens is 1. The molecule has 3 N–H and O–H groups in total. The van der Waals surface area contributed by atoms with Crippen molar-refractivity contribution in [2.75, 3.05) is 12.3 Å². The third kappa shape index (κ3) is 3.68. The molecule has 0 spiro atoms. The lowest BCUT2D eigenvalue weighted by molar-refractivity contribution is 0.0992. The van der Waals surface area contributed by atoms with Crippen molar-refractivity contribution in [2.24, 2.45) is 0 Å². The van der Waals surface area contributed by atoms with Crippen LogP contribution in [0.25, 0.3) is 0 Å². The van der Waals surface area contributed by atoms with E-state index in [9.17, 15) is 22.0 Å². The standard InChI is InChI=1S/C19H17F2N5O3S/c20-11-5-12(21)7-13(6-11)30(28,29)26-4-2-17-15(10-26)18(25-24-17)8-19(27)14-1-3-23-9-16(14)22/h1,3,5-7,9H,2,4,8,10,22H2,(H,24,25). The van der Waals surface area contributed by atoms with E-state index in [2.05, 4.69) is 15.2 Å². The van der Waals surface area contributed by atoms with Gasteiger partial charge < -0.3 is 5.73 Å². The van der Waals surface area contributed by atoms with Crippen molar-refractivity contribution in [1.82, 2.24) is 19.5 Å². The first-order valence-electron chi connectivity index (χ1n) is 8.99. The topological polar surface area (TPSA) is 122 Å². The molecule has 30 heavy (non-hydrogen) atoms. The normalized spacial score (nSPS) is 14.5. The van der Waals surface area contributed by atoms with E-state index in [1.54, 1.807) is 0 Å². The molecule has 8 nitrogen and oxygen atoms in total. The molecule has 11 heteroatoms. The quantitative estimate of drug-likeness (QED) is 0.592. The number of aromatic nitrogens is 3. The average molecular weight is 433 g/mol. The van der Waals surface area contributed by atoms with Gasteiger partial charge in [0.15, 0.2) is 5.78 Å². The molecule has 0 saturated carbocycles. The van der Waals surface area contributed by atoms with Gasteiger partial charge in [-0.3, -0.25) is 14.9 Å². The van der Waals surface area contributed by atoms with Gasteiger partial charge in [0.2, 0.25) is 10.0 Å². The molecule has 3 aromatic rings. The van der Waals surface area contributed by atoms with Crippen LogP contribution in [0.3, 0.4) is 0 Å². The molecule has 1 aliphatic heterocycles. The summed E-state index contributed by atoms with van der Waals surface area (Å²) >= 11 is 0. The second kappa shape index (κ2) is 7.58. The van der Waals surface area contributed by atoms with Crippen LogP contribution < -0.4 is 5.73 Å². The van der Waals surface area contributed by atoms with Crippen LogP contribution in [0, 0.1) is 11.6 Å². The number of hydrogen-bond acceptors (Lipinski definition) is 6. The molecule has 0 unspecified atom stereocenters. The molecule has 2 aromatic heterocycles. The largest absolute Gasteiger partial charge is 0.397 e. The maximum Gasteiger partial charge on any atom is 0.243 e. The predicted octanol–water partition coefficient (Wildman–Crippen LogP) is 1.84. The fourth-order valence-electron chi connectivity index (χ4n) is 3.42. The summed E-state index contributed by atoms with van der Waals surface area (Å²) in [5, 5.41) is 7.01. The number of fused-ring (bicyclic) bond motifs is 1. The van der Waals surface area contributed by atoms with E-state index in [4.69, 9.17) is 5.73 Å². The molecule has 0 radical (unpaired) electrons. The van der Waals surface area contributed by atoms with E-state index >= 15 is 0 Å². The average Bonchev–Trinajstić information content (AvgIpc) is 3.09. The summed E-state index contributed by atoms with van der Waals surface area (Å²) in [5.41, 5.74) is 8.03. The van der Waals surface area contributed by atoms with Gasteiger partial charge in [0.25, 0.3) is 0 Å². The summed E-state index contributed by atoms with van der Waals surface area (Å²) in [6.45, 7) is 0.0427. The highest BCUT2D eigenvalue weighted by Gasteiger charge is 2.32. The summed E-state index contributed by atoms with van der Waals surface area (Å²) in [6, 6.07) is 3.67. The van der Waals surface area contributed by atoms with Crippen molar-refractivity contribution in [3.63, 3.8) is 0 Å². The van der Waals surface area contributed by atoms with Crippen molar-refractivity contribution in [3.05, 3.63) is 70.8 Å². The van der Waals surface area contributed by atoms with E-state index in [0.717, 1.165) is 22.1 Å². The second-order valence-electron chi connectivity index (χ2n) is 6.88. The fourth-order valence-corrected chi connectivity index (χ4v) is 4.87. The zero-order valence-electron chi connectivity index (χ0n) is 15.6. The molecule has 4 rings (SSSR count). The minimum atomic E-state index is -4.13. The van der Waals surface area contributed by atoms with Crippen LogP contribution in [0.1, 0.15) is 27.3 Å². The molecule has 0 amide bonds. The molecule has 0 aliphatic carbocycles. The molecule has 1 aliphatic rings. The number of rotatable bonds is 5. The van der Waals surface area contributed by atoms with Gasteiger partial charge in [-0.1, -0.05) is 0 Å². The first kappa shape index (κ1) is 20.1. The van der Waals surface area contributed by atoms with Crippen LogP contribution in [0.15, 0.2) is 41.6 Å². The monoisotopic (exact) mass is 433 g/mol. The van der Waals surface area contributed by atoms with Gasteiger partial charge in [-0.15, -0.1) is 0 Å². The molecular weight excluding hydrogens is 416 g/mol. The first-order chi connectivity index (χ1) is 14.3. The molecule has 156 valence electrons. The lowest BCUT2D eigenvalue weighted by Gasteiger charge is -2.26. The minimum Gasteiger partial charge on any atom is -0.397 e. The highest BCUT2D eigenvalue weighted by atomic mass is 32.2. The van der Waals surface area contributed by atoms with Crippen molar-refractivity contribution < 1.29 is 22.0 Å². The van der Waals surface area contributed by atoms with E-state index in [1.807, 2.05) is 0 Å². The Kier molecular flexibility index (Phi) is 5.08. The maximum atomic E-state index is 13.5. The molecular formula is C19H17F2N5O3S. The number of Topliss-reactive ketones (excluding diaryl/α,β-unsaturated/α-hetero) is 1. The Morgan fingerprint density at radius 1 is 1.23 bits per heavy atom. The summed E-state index contributed by atoms with van der Waals surface area (Å²) in [4.78, 5) is 16.0. The Morgan fingerprint density at radius 3 is 2.67 bits per heavy atom. The fraction of sp³-hybridized carbons (Fsp3) is 0.211. The van der Waals surface area contributed by atoms with Crippen molar-refractivity contribution in [1.29, 1.82) is 0 Å². The number of aromatic amines is 1. The Labute approximate surface area is 170 Å². The van der Waals surface area contributed by atoms with Crippen LogP contribution in [-0.4, -0.2) is 40.2 Å². The Bertz CT molecular complexity index is 1220. The number of ketones is 1. The SMILES string of the molecule is Nc1cnccc1C(=O)Cc1n[nH]c2c1CN(S(=O)(=O)c1cc(F)cc(F)c1)CC2. The maximum absolute atomic E-state index is 13.5. The van der Waals surface area contributed by atoms with Crippen LogP contribution in [0.5, 0.6) is 0 Å². The van der Waals surface area contributed by atoms with E-state index in [0.29, 0.717) is 29.3 Å². The van der Waals surface area contributed by atoms with Crippen LogP contribution in [-0.2, 0) is 29.4 Å². The first-order valence-corrected chi connectivity index (χ1v) is 10.4. The lowest BCUT2D eigenvalue weighted by Crippen LogP contribution is -2.36. The summed E-state index contributed by atoms with van der Waals surface area (Å²) in [5.74, 6) is -2.23. The number of nitrogens with zero attached hydrogens (tertiary/aromatic N) is 3. The highest BCUT2D eigenvalue weighted by Crippen LogP contribution is 2.27. The Balaban J connectivity index is 1.60. The van der Waals surface area contributed by atoms with Crippen LogP contribution in [0.2, 0.25) is 0 Å². The number of sulfonamides is 1. The van der Waals surface area contributed by atoms with E-state index in [1.165, 1.54) is 18.5 Å². The van der Waals surface area contributed by atoms with Gasteiger partial charge >= 0.3 is 0 Å². The zero-order valence-corrected chi connectivity index (χ0v) is 16.4. The number of nitrogens with two attached hydrogens (primary N) is 1. The van der Waals surface area contributed by atoms with Gasteiger partial charge in [0.1, 0.15) is 11.6 Å². The van der Waals surface area contributed by atoms with Crippen molar-refractivity contribution in [2.45, 2.75) is 24.3 Å². The van der Waals surface area contributed by atoms with Crippen LogP contribution >= 0.6 is 0 Å². The molecule has 0 saturated heterocycles. The van der Waals surface area contributed by atoms with Gasteiger partial charge in [0, 0.05) is 48.6 Å². The number of halogens is 2. The lowest BCUT2D eigenvalue weighted by atomic mass is 10.0. The number of nitrogens with one attached hydrogen (secondary N) is 1. The highest BCUT2D eigenvalue weighted by molar-refractivity contribution is 7.89. The second-order valence-corrected chi connectivity index (χ2v) is 8.82. The Morgan fingerprint density at radius 2 is 1.97 bits per heavy atom. The summed E-state index contributed by atoms with van der Waals surface area (Å²) in [6.07, 6.45) is 3.07. The zero-order chi connectivity index (χ0) is 21.5. The predicted molar refractivity (Wildman–Crippen MR) is 103 cm³/mol. The molecule has 0 atom stereocenters. The van der Waals surface area contributed by atoms with E-state index in [-0.39, 0.29) is 31.0 Å². The molecule has 3 heterocycles. The number of anilines is 1. The van der Waals surface area contributed by atoms with E-state index < -0.39 is 26.6 Å². The smallest absolute Gasteiger partial charge is 0.243 e. The van der Waals surface area contributed by atoms with Crippen molar-refractivity contribution >= 4 is 21.5 Å². The van der Waals surface area contributed by atoms with Gasteiger partial charge in [-0.05, 0) is 18.2 Å². The minimum absolute atomic E-state index is 0.0687. The number of benzene rings is 1. The summed E-state index contributed by atoms with van der Waals surface area (Å²) < 4.78 is 54.0. The van der Waals surface area contributed by atoms with Gasteiger partial charge in [0.05, 0.1) is 28.9 Å². The van der Waals surface area contributed by atoms with Crippen molar-refractivity contribution in [3.8, 4) is 0 Å². The molecule has 1 aromatic carbocycles. The Hall–Kier alpha value is -3.18. The number of hydrogen-bond donors (Lipinski definition) is 2. The van der Waals surface area contributed by atoms with Gasteiger partial charge in [-0.25, -0.2) is 17.2 Å². The van der Waals surface area contributed by atoms with Gasteiger partial charge in [-0.2, -0.15) is 9.40 Å². The number of nitrogen functional groups attached to an aromatic ring is 1. The molecule has 0 bridgehead atoms. The third-order valence-electron chi connectivity index (χ3n) is 4.94. The number of carbonyl (C=O) groups is 1. The van der Waals surface area contributed by atoms with Crippen LogP contribution in [0.4, 0.5) is 14.5 Å². The molecule has 0 fully saturated rings. The third-order valence-corrected chi connectivity index (χ3v) is 6.76. The number of pyridine rings is 1. The number of carbonyl (C=O) groups excluding carboxylic acids is 1. The summed E-state index contributed by atoms with van der Waals surface area (Å²) in [7, 11) is -4.13.